The number of hydrogen-bond acceptors (Lipinski definition) is 3. The summed E-state index contributed by atoms with van der Waals surface area (Å²) >= 11 is 0. The Balaban J connectivity index is 1.21. The summed E-state index contributed by atoms with van der Waals surface area (Å²) in [5.41, 5.74) is 26.5. The average Bonchev–Trinajstić information content (AvgIpc) is 3.92. The molecule has 0 radical (unpaired) electrons. The van der Waals surface area contributed by atoms with Crippen LogP contribution in [0.4, 0.5) is 28.9 Å². The molecule has 0 amide bonds. The minimum absolute atomic E-state index is 0.00168. The number of anilines is 2. The van der Waals surface area contributed by atoms with E-state index in [4.69, 9.17) is 11.5 Å². The maximum absolute atomic E-state index is 15.0. The molecule has 4 N–H and O–H groups in total. The number of nitrogen functional groups attached to an aromatic ring is 2. The van der Waals surface area contributed by atoms with Gasteiger partial charge in [0, 0.05) is 33.0 Å². The second-order valence-electron chi connectivity index (χ2n) is 18.3. The predicted octanol–water partition coefficient (Wildman–Crippen LogP) is 16.4. The minimum Gasteiger partial charge on any atom is -0.396 e. The molecule has 12 rings (SSSR count). The van der Waals surface area contributed by atoms with Crippen LogP contribution in [0.5, 0.6) is 0 Å². The van der Waals surface area contributed by atoms with Gasteiger partial charge in [-0.05, 0) is 129 Å². The van der Waals surface area contributed by atoms with Crippen LogP contribution in [0.3, 0.4) is 0 Å². The van der Waals surface area contributed by atoms with Crippen molar-refractivity contribution in [1.82, 2.24) is 9.13 Å². The van der Waals surface area contributed by atoms with Gasteiger partial charge in [0.2, 0.25) is 0 Å². The molecule has 1 aliphatic rings. The standard InChI is InChI=1S/C63H43F4N5/c64-36-38-29-47(31-48(30-38)63(65,66)67)58-60(70)61(71-54-25-21-43(39-13-5-1-6-14-39)32-49(54)50-33-44(22-26-55(50)71)40-15-7-2-8-16-40)53(37-68)59(69)62(58)72-56-27-23-45(41-17-9-3-10-18-41)34-51(56)52-35-46(24-28-57(52)72)42-19-11-4-12-20-42/h1-21,23-25,27-35H,22,26,36,69-70H2. The van der Waals surface area contributed by atoms with Gasteiger partial charge in [0.1, 0.15) is 18.3 Å². The van der Waals surface area contributed by atoms with E-state index in [0.717, 1.165) is 89.6 Å². The molecule has 348 valence electrons. The van der Waals surface area contributed by atoms with Gasteiger partial charge >= 0.3 is 6.18 Å². The normalized spacial score (nSPS) is 12.6. The number of fused-ring (bicyclic) bond motifs is 6. The molecule has 0 aliphatic heterocycles. The first-order valence-corrected chi connectivity index (χ1v) is 23.7. The van der Waals surface area contributed by atoms with Crippen molar-refractivity contribution < 1.29 is 17.6 Å². The van der Waals surface area contributed by atoms with Gasteiger partial charge < -0.3 is 20.6 Å². The van der Waals surface area contributed by atoms with E-state index >= 15 is 0 Å². The molecule has 0 bridgehead atoms. The number of nitriles is 1. The second-order valence-corrected chi connectivity index (χ2v) is 18.3. The number of halogens is 4. The third-order valence-corrected chi connectivity index (χ3v) is 14.1. The van der Waals surface area contributed by atoms with E-state index in [1.165, 1.54) is 6.07 Å². The largest absolute Gasteiger partial charge is 0.416 e. The fourth-order valence-electron chi connectivity index (χ4n) is 10.8. The topological polar surface area (TPSA) is 85.7 Å². The SMILES string of the molecule is N#Cc1c(N)c(-n2c3ccc(-c4ccccc4)cc3c3cc(-c4ccccc4)ccc32)c(-c2cc(CF)cc(C(F)(F)F)c2)c(N)c1-n1c2c(c3cc(-c4ccccc4)ccc31)C=C(c1ccccc1)CC2. The molecule has 0 saturated heterocycles. The Morgan fingerprint density at radius 3 is 1.46 bits per heavy atom. The fraction of sp³-hybridized carbons (Fsp3) is 0.0635. The van der Waals surface area contributed by atoms with Crippen LogP contribution in [0.1, 0.15) is 39.9 Å². The minimum atomic E-state index is -4.83. The van der Waals surface area contributed by atoms with Crippen molar-refractivity contribution in [3.05, 3.63) is 228 Å². The molecule has 5 nitrogen and oxygen atoms in total. The van der Waals surface area contributed by atoms with Gasteiger partial charge in [0.05, 0.1) is 44.9 Å². The van der Waals surface area contributed by atoms with Crippen molar-refractivity contribution in [2.24, 2.45) is 0 Å². The molecule has 0 unspecified atom stereocenters. The Labute approximate surface area is 412 Å². The van der Waals surface area contributed by atoms with Gasteiger partial charge in [-0.2, -0.15) is 18.4 Å². The first kappa shape index (κ1) is 44.1. The molecular weight excluding hydrogens is 903 g/mol. The van der Waals surface area contributed by atoms with Crippen molar-refractivity contribution in [3.8, 4) is 62.0 Å². The first-order chi connectivity index (χ1) is 35.1. The average molecular weight is 946 g/mol. The van der Waals surface area contributed by atoms with Crippen molar-refractivity contribution >= 4 is 55.7 Å². The lowest BCUT2D eigenvalue weighted by molar-refractivity contribution is -0.137. The molecule has 11 aromatic rings. The maximum atomic E-state index is 15.0. The lowest BCUT2D eigenvalue weighted by Gasteiger charge is -2.26. The van der Waals surface area contributed by atoms with Gasteiger partial charge in [0.15, 0.2) is 0 Å². The molecule has 2 aromatic heterocycles. The molecule has 9 aromatic carbocycles. The molecule has 72 heavy (non-hydrogen) atoms. The van der Waals surface area contributed by atoms with Gasteiger partial charge in [-0.3, -0.25) is 0 Å². The van der Waals surface area contributed by atoms with Crippen LogP contribution in [-0.2, 0) is 19.3 Å². The van der Waals surface area contributed by atoms with Crippen LogP contribution in [0, 0.1) is 11.3 Å². The van der Waals surface area contributed by atoms with Gasteiger partial charge in [-0.1, -0.05) is 140 Å². The summed E-state index contributed by atoms with van der Waals surface area (Å²) < 4.78 is 63.8. The summed E-state index contributed by atoms with van der Waals surface area (Å²) in [5.74, 6) is 0. The Bertz CT molecular complexity index is 3920. The van der Waals surface area contributed by atoms with Crippen molar-refractivity contribution in [2.75, 3.05) is 11.5 Å². The highest BCUT2D eigenvalue weighted by Crippen LogP contribution is 2.50. The highest BCUT2D eigenvalue weighted by atomic mass is 19.4. The quantitative estimate of drug-likeness (QED) is 0.118. The van der Waals surface area contributed by atoms with Crippen LogP contribution < -0.4 is 11.5 Å². The summed E-state index contributed by atoms with van der Waals surface area (Å²) in [6.45, 7) is -1.17. The molecule has 0 fully saturated rings. The number of allylic oxidation sites excluding steroid dienone is 1. The summed E-state index contributed by atoms with van der Waals surface area (Å²) in [5, 5.41) is 14.1. The number of nitrogens with zero attached hydrogens (tertiary/aromatic N) is 3. The van der Waals surface area contributed by atoms with E-state index in [2.05, 4.69) is 42.5 Å². The van der Waals surface area contributed by atoms with Gasteiger partial charge in [-0.25, -0.2) is 4.39 Å². The molecular formula is C63H43F4N5. The molecule has 0 atom stereocenters. The Kier molecular flexibility index (Phi) is 10.6. The number of rotatable bonds is 8. The third-order valence-electron chi connectivity index (χ3n) is 14.1. The van der Waals surface area contributed by atoms with E-state index in [9.17, 15) is 22.8 Å². The molecule has 0 saturated carbocycles. The number of benzene rings is 9. The summed E-state index contributed by atoms with van der Waals surface area (Å²) in [6.07, 6.45) is -1.44. The summed E-state index contributed by atoms with van der Waals surface area (Å²) in [7, 11) is 0. The number of alkyl halides is 4. The number of nitrogens with two attached hydrogens (primary N) is 2. The predicted molar refractivity (Wildman–Crippen MR) is 285 cm³/mol. The summed E-state index contributed by atoms with van der Waals surface area (Å²) in [4.78, 5) is 0. The zero-order valence-corrected chi connectivity index (χ0v) is 38.7. The van der Waals surface area contributed by atoms with Crippen LogP contribution >= 0.6 is 0 Å². The van der Waals surface area contributed by atoms with Gasteiger partial charge in [-0.15, -0.1) is 0 Å². The zero-order valence-electron chi connectivity index (χ0n) is 38.7. The van der Waals surface area contributed by atoms with Crippen LogP contribution in [-0.4, -0.2) is 9.13 Å². The van der Waals surface area contributed by atoms with E-state index in [1.54, 1.807) is 0 Å². The van der Waals surface area contributed by atoms with Crippen molar-refractivity contribution in [1.29, 1.82) is 5.26 Å². The molecule has 1 aliphatic carbocycles. The lowest BCUT2D eigenvalue weighted by Crippen LogP contribution is -2.15. The van der Waals surface area contributed by atoms with Gasteiger partial charge in [0.25, 0.3) is 0 Å². The van der Waals surface area contributed by atoms with Crippen LogP contribution in [0.15, 0.2) is 194 Å². The van der Waals surface area contributed by atoms with Crippen LogP contribution in [0.25, 0.3) is 100 Å². The Hall–Kier alpha value is -9.13. The summed E-state index contributed by atoms with van der Waals surface area (Å²) in [6, 6.07) is 64.1. The van der Waals surface area contributed by atoms with Crippen molar-refractivity contribution in [2.45, 2.75) is 25.7 Å². The maximum Gasteiger partial charge on any atom is 0.416 e. The third kappa shape index (κ3) is 7.30. The highest BCUT2D eigenvalue weighted by Gasteiger charge is 2.35. The fourth-order valence-corrected chi connectivity index (χ4v) is 10.8. The first-order valence-electron chi connectivity index (χ1n) is 23.7. The van der Waals surface area contributed by atoms with E-state index in [0.29, 0.717) is 23.9 Å². The van der Waals surface area contributed by atoms with E-state index < -0.39 is 18.4 Å². The molecule has 2 heterocycles. The lowest BCUT2D eigenvalue weighted by atomic mass is 9.90. The Morgan fingerprint density at radius 2 is 0.972 bits per heavy atom. The molecule has 0 spiro atoms. The zero-order chi connectivity index (χ0) is 49.3. The Morgan fingerprint density at radius 1 is 0.486 bits per heavy atom. The van der Waals surface area contributed by atoms with E-state index in [1.807, 2.05) is 155 Å². The monoisotopic (exact) mass is 945 g/mol. The number of aromatic nitrogens is 2. The smallest absolute Gasteiger partial charge is 0.396 e. The van der Waals surface area contributed by atoms with Crippen molar-refractivity contribution in [3.63, 3.8) is 0 Å². The molecule has 9 heteroatoms. The van der Waals surface area contributed by atoms with Crippen LogP contribution in [0.2, 0.25) is 0 Å². The highest BCUT2D eigenvalue weighted by molar-refractivity contribution is 6.14. The number of hydrogen-bond donors (Lipinski definition) is 2. The second kappa shape index (κ2) is 17.4. The van der Waals surface area contributed by atoms with E-state index in [-0.39, 0.29) is 45.0 Å².